The third-order valence-electron chi connectivity index (χ3n) is 5.55. The Kier molecular flexibility index (Phi) is 13.9. The molecule has 2 aromatic rings. The van der Waals surface area contributed by atoms with E-state index in [1.807, 2.05) is 47.8 Å². The predicted octanol–water partition coefficient (Wildman–Crippen LogP) is 2.68. The summed E-state index contributed by atoms with van der Waals surface area (Å²) in [5, 5.41) is 30.1. The molecule has 0 bridgehead atoms. The van der Waals surface area contributed by atoms with E-state index in [-0.39, 0.29) is 24.3 Å². The summed E-state index contributed by atoms with van der Waals surface area (Å²) in [5.74, 6) is -3.82. The number of aliphatic carboxylic acids is 3. The molecule has 1 fully saturated rings. The zero-order valence-corrected chi connectivity index (χ0v) is 23.4. The summed E-state index contributed by atoms with van der Waals surface area (Å²) in [7, 11) is 0. The Morgan fingerprint density at radius 1 is 1.07 bits per heavy atom. The van der Waals surface area contributed by atoms with Crippen molar-refractivity contribution >= 4 is 52.9 Å². The van der Waals surface area contributed by atoms with Gasteiger partial charge in [-0.15, -0.1) is 23.1 Å². The van der Waals surface area contributed by atoms with E-state index in [1.165, 1.54) is 4.90 Å². The Bertz CT molecular complexity index is 1140. The zero-order valence-electron chi connectivity index (χ0n) is 21.8. The van der Waals surface area contributed by atoms with Gasteiger partial charge in [-0.1, -0.05) is 36.4 Å². The number of aryl methyl sites for hydroxylation is 1. The van der Waals surface area contributed by atoms with Gasteiger partial charge in [-0.25, -0.2) is 9.59 Å². The summed E-state index contributed by atoms with van der Waals surface area (Å²) in [6, 6.07) is 12.4. The van der Waals surface area contributed by atoms with Gasteiger partial charge in [0, 0.05) is 29.3 Å². The van der Waals surface area contributed by atoms with Gasteiger partial charge in [-0.3, -0.25) is 19.7 Å². The van der Waals surface area contributed by atoms with Gasteiger partial charge in [0.15, 0.2) is 0 Å². The third-order valence-corrected chi connectivity index (χ3v) is 8.02. The average molecular weight is 593 g/mol. The highest BCUT2D eigenvalue weighted by Gasteiger charge is 2.36. The molecule has 2 heterocycles. The van der Waals surface area contributed by atoms with Gasteiger partial charge in [0.25, 0.3) is 0 Å². The molecular formula is C27H32N2O9S2. The summed E-state index contributed by atoms with van der Waals surface area (Å²) in [5.41, 5.74) is 1.09. The van der Waals surface area contributed by atoms with Crippen LogP contribution in [0.25, 0.3) is 0 Å². The van der Waals surface area contributed by atoms with Crippen LogP contribution in [-0.4, -0.2) is 87.5 Å². The molecule has 1 aliphatic rings. The number of nitrogens with one attached hydrogen (secondary N) is 1. The fourth-order valence-corrected chi connectivity index (χ4v) is 6.03. The number of amides is 1. The molecule has 4 N–H and O–H groups in total. The Morgan fingerprint density at radius 2 is 1.75 bits per heavy atom. The second-order valence-corrected chi connectivity index (χ2v) is 10.7. The number of carbonyl (C=O) groups excluding carboxylic acids is 2. The van der Waals surface area contributed by atoms with Gasteiger partial charge < -0.3 is 25.0 Å². The number of esters is 1. The van der Waals surface area contributed by atoms with Gasteiger partial charge >= 0.3 is 23.9 Å². The van der Waals surface area contributed by atoms with E-state index in [0.717, 1.165) is 10.4 Å². The minimum Gasteiger partial charge on any atom is -0.480 e. The Morgan fingerprint density at radius 3 is 2.30 bits per heavy atom. The van der Waals surface area contributed by atoms with Crippen LogP contribution in [0.4, 0.5) is 0 Å². The number of hydrogen-bond acceptors (Lipinski definition) is 9. The van der Waals surface area contributed by atoms with E-state index in [9.17, 15) is 29.1 Å². The zero-order chi connectivity index (χ0) is 29.5. The lowest BCUT2D eigenvalue weighted by Crippen LogP contribution is -2.53. The highest BCUT2D eigenvalue weighted by molar-refractivity contribution is 7.99. The quantitative estimate of drug-likeness (QED) is 0.211. The van der Waals surface area contributed by atoms with Gasteiger partial charge in [0.1, 0.15) is 12.6 Å². The van der Waals surface area contributed by atoms with Crippen LogP contribution in [-0.2, 0) is 35.1 Å². The molecule has 0 radical (unpaired) electrons. The lowest BCUT2D eigenvalue weighted by molar-refractivity contribution is -0.148. The molecule has 13 heteroatoms. The number of carboxylic acid groups (broad SMARTS) is 3. The maximum absolute atomic E-state index is 13.2. The highest BCUT2D eigenvalue weighted by Crippen LogP contribution is 2.35. The fourth-order valence-electron chi connectivity index (χ4n) is 3.77. The monoisotopic (exact) mass is 592 g/mol. The summed E-state index contributed by atoms with van der Waals surface area (Å²) >= 11 is 3.20. The highest BCUT2D eigenvalue weighted by atomic mass is 32.2. The molecule has 3 rings (SSSR count). The molecular weight excluding hydrogens is 560 g/mol. The van der Waals surface area contributed by atoms with Crippen molar-refractivity contribution in [3.8, 4) is 0 Å². The number of thioether (sulfide) groups is 1. The maximum atomic E-state index is 13.2. The van der Waals surface area contributed by atoms with Crippen LogP contribution in [0, 0.1) is 0 Å². The number of hydrogen-bond donors (Lipinski definition) is 4. The number of thiophene rings is 1. The Hall–Kier alpha value is -3.68. The average Bonchev–Trinajstić information content (AvgIpc) is 3.41. The third kappa shape index (κ3) is 11.6. The van der Waals surface area contributed by atoms with Gasteiger partial charge in [0.05, 0.1) is 17.9 Å². The molecule has 1 aliphatic heterocycles. The van der Waals surface area contributed by atoms with Crippen molar-refractivity contribution in [3.63, 3.8) is 0 Å². The van der Waals surface area contributed by atoms with E-state index >= 15 is 0 Å². The van der Waals surface area contributed by atoms with Crippen LogP contribution < -0.4 is 5.32 Å². The summed E-state index contributed by atoms with van der Waals surface area (Å²) in [6.07, 6.45) is 2.25. The summed E-state index contributed by atoms with van der Waals surface area (Å²) in [4.78, 5) is 58.9. The first-order valence-corrected chi connectivity index (χ1v) is 14.3. The van der Waals surface area contributed by atoms with Crippen molar-refractivity contribution in [2.75, 3.05) is 25.4 Å². The van der Waals surface area contributed by atoms with E-state index < -0.39 is 36.0 Å². The van der Waals surface area contributed by atoms with Gasteiger partial charge in [-0.2, -0.15) is 0 Å². The van der Waals surface area contributed by atoms with Crippen molar-refractivity contribution in [2.45, 2.75) is 37.1 Å². The number of nitrogens with zero attached hydrogens (tertiary/aromatic N) is 1. The molecule has 1 aromatic heterocycles. The van der Waals surface area contributed by atoms with Crippen molar-refractivity contribution < 1.29 is 44.0 Å². The molecule has 40 heavy (non-hydrogen) atoms. The minimum atomic E-state index is -1.26. The molecule has 216 valence electrons. The summed E-state index contributed by atoms with van der Waals surface area (Å²) < 4.78 is 5.25. The summed E-state index contributed by atoms with van der Waals surface area (Å²) in [6.45, 7) is 1.95. The largest absolute Gasteiger partial charge is 0.480 e. The van der Waals surface area contributed by atoms with Crippen molar-refractivity contribution in [1.82, 2.24) is 10.2 Å². The van der Waals surface area contributed by atoms with E-state index in [4.69, 9.17) is 14.9 Å². The first-order valence-electron chi connectivity index (χ1n) is 12.4. The topological polar surface area (TPSA) is 171 Å². The molecule has 1 amide bonds. The van der Waals surface area contributed by atoms with Crippen LogP contribution in [0.3, 0.4) is 0 Å². The maximum Gasteiger partial charge on any atom is 0.328 e. The number of ether oxygens (including phenoxy) is 1. The molecule has 0 saturated carbocycles. The van der Waals surface area contributed by atoms with Gasteiger partial charge in [0.2, 0.25) is 5.91 Å². The normalized spacial score (nSPS) is 17.8. The first kappa shape index (κ1) is 32.5. The lowest BCUT2D eigenvalue weighted by atomic mass is 10.0. The predicted molar refractivity (Wildman–Crippen MR) is 150 cm³/mol. The second kappa shape index (κ2) is 17.1. The van der Waals surface area contributed by atoms with E-state index in [1.54, 1.807) is 30.0 Å². The van der Waals surface area contributed by atoms with Crippen LogP contribution in [0.15, 0.2) is 60.0 Å². The standard InChI is InChI=1S/C23H28N2O5S2.C4H4O4/c1-2-30-23(29)17(11-10-16-7-4-3-5-8-16)24-18-15-32-20(19-9-6-12-31-19)13-25(22(18)28)14-21(26)27;5-3(6)1-2-4(7)8/h3-9,12,17-18,20,24H,2,10-11,13-15H2,1H3,(H,26,27);1-2H,(H,5,6)(H,7,8)/b;2-1-/t17-,18-,20-;/m0./s1. The SMILES string of the molecule is CCOC(=O)[C@H](CCc1ccccc1)N[C@H]1CS[C@H](c2cccs2)CN(CC(=O)O)C1=O.O=C(O)/C=C\C(=O)O. The lowest BCUT2D eigenvalue weighted by Gasteiger charge is -2.26. The molecule has 1 aromatic carbocycles. The Balaban J connectivity index is 0.000000611. The first-order chi connectivity index (χ1) is 19.1. The second-order valence-electron chi connectivity index (χ2n) is 8.51. The minimum absolute atomic E-state index is 0.00420. The van der Waals surface area contributed by atoms with Crippen LogP contribution >= 0.6 is 23.1 Å². The number of carboxylic acids is 3. The van der Waals surface area contributed by atoms with Crippen molar-refractivity contribution in [1.29, 1.82) is 0 Å². The fraction of sp³-hybridized carbons (Fsp3) is 0.370. The number of carbonyl (C=O) groups is 5. The van der Waals surface area contributed by atoms with Crippen molar-refractivity contribution in [3.05, 3.63) is 70.4 Å². The van der Waals surface area contributed by atoms with Crippen LogP contribution in [0.2, 0.25) is 0 Å². The molecule has 3 atom stereocenters. The van der Waals surface area contributed by atoms with Gasteiger partial charge in [-0.05, 0) is 36.8 Å². The molecule has 1 saturated heterocycles. The van der Waals surface area contributed by atoms with Crippen LogP contribution in [0.5, 0.6) is 0 Å². The molecule has 11 nitrogen and oxygen atoms in total. The number of benzene rings is 1. The van der Waals surface area contributed by atoms with E-state index in [2.05, 4.69) is 5.32 Å². The molecule has 0 aliphatic carbocycles. The molecule has 0 spiro atoms. The number of rotatable bonds is 12. The Labute approximate surface area is 239 Å². The van der Waals surface area contributed by atoms with Crippen molar-refractivity contribution in [2.24, 2.45) is 0 Å². The smallest absolute Gasteiger partial charge is 0.328 e. The molecule has 0 unspecified atom stereocenters. The van der Waals surface area contributed by atoms with E-state index in [0.29, 0.717) is 37.3 Å². The van der Waals surface area contributed by atoms with Crippen LogP contribution in [0.1, 0.15) is 29.0 Å².